The van der Waals surface area contributed by atoms with Crippen LogP contribution in [0, 0.1) is 0 Å². The molecule has 2 N–H and O–H groups in total. The van der Waals surface area contributed by atoms with Crippen LogP contribution in [0.5, 0.6) is 34.5 Å². The Labute approximate surface area is 184 Å². The summed E-state index contributed by atoms with van der Waals surface area (Å²) in [5.74, 6) is 0.936. The molecule has 0 bridgehead atoms. The first kappa shape index (κ1) is 23.1. The molecule has 2 aromatic carbocycles. The Bertz CT molecular complexity index is 1130. The number of hydrogen-bond acceptors (Lipinski definition) is 9. The van der Waals surface area contributed by atoms with Gasteiger partial charge >= 0.3 is 5.63 Å². The van der Waals surface area contributed by atoms with E-state index in [9.17, 15) is 15.0 Å². The minimum absolute atomic E-state index is 0.160. The zero-order valence-corrected chi connectivity index (χ0v) is 18.5. The summed E-state index contributed by atoms with van der Waals surface area (Å²) in [4.78, 5) is 11.7. The maximum Gasteiger partial charge on any atom is 0.336 e. The first-order valence-corrected chi connectivity index (χ1v) is 10.0. The molecule has 172 valence electrons. The second-order valence-corrected chi connectivity index (χ2v) is 6.56. The highest BCUT2D eigenvalue weighted by Gasteiger charge is 2.37. The van der Waals surface area contributed by atoms with Crippen molar-refractivity contribution < 1.29 is 38.3 Å². The molecule has 0 aliphatic carbocycles. The lowest BCUT2D eigenvalue weighted by atomic mass is 10.0. The zero-order valence-electron chi connectivity index (χ0n) is 18.5. The van der Waals surface area contributed by atoms with E-state index in [1.54, 1.807) is 24.3 Å². The molecule has 0 saturated carbocycles. The third-order valence-corrected chi connectivity index (χ3v) is 4.87. The Balaban J connectivity index is 0.00000141. The molecule has 0 fully saturated rings. The summed E-state index contributed by atoms with van der Waals surface area (Å²) in [5, 5.41) is 20.7. The number of hydrogen-bond donors (Lipinski definition) is 2. The SMILES string of the molecule is CC.COc1cc([C@H]2Oc3c(OC)cc4ccc(=O)oc4c3O[C@@H]2CO)cc(OC)c1O. The Morgan fingerprint density at radius 3 is 2.09 bits per heavy atom. The highest BCUT2D eigenvalue weighted by atomic mass is 16.6. The smallest absolute Gasteiger partial charge is 0.336 e. The number of phenolic OH excluding ortho intramolecular Hbond substituents is 1. The van der Waals surface area contributed by atoms with E-state index >= 15 is 0 Å². The maximum atomic E-state index is 11.7. The quantitative estimate of drug-likeness (QED) is 0.569. The summed E-state index contributed by atoms with van der Waals surface area (Å²) in [6.07, 6.45) is -1.65. The zero-order chi connectivity index (χ0) is 23.4. The van der Waals surface area contributed by atoms with Gasteiger partial charge in [0.15, 0.2) is 35.0 Å². The van der Waals surface area contributed by atoms with Crippen LogP contribution in [0.4, 0.5) is 0 Å². The average Bonchev–Trinajstić information content (AvgIpc) is 2.84. The van der Waals surface area contributed by atoms with Gasteiger partial charge in [-0.15, -0.1) is 0 Å². The van der Waals surface area contributed by atoms with Crippen LogP contribution in [-0.2, 0) is 0 Å². The molecule has 0 unspecified atom stereocenters. The van der Waals surface area contributed by atoms with Crippen LogP contribution >= 0.6 is 0 Å². The van der Waals surface area contributed by atoms with E-state index in [0.29, 0.717) is 16.7 Å². The largest absolute Gasteiger partial charge is 0.502 e. The molecule has 9 heteroatoms. The van der Waals surface area contributed by atoms with Gasteiger partial charge in [-0.25, -0.2) is 4.79 Å². The molecule has 2 heterocycles. The van der Waals surface area contributed by atoms with Crippen molar-refractivity contribution in [3.63, 3.8) is 0 Å². The van der Waals surface area contributed by atoms with Crippen LogP contribution in [0.3, 0.4) is 0 Å². The molecule has 9 nitrogen and oxygen atoms in total. The molecule has 3 aromatic rings. The third-order valence-electron chi connectivity index (χ3n) is 4.87. The predicted octanol–water partition coefficient (Wildman–Crippen LogP) is 3.42. The molecule has 2 atom stereocenters. The van der Waals surface area contributed by atoms with E-state index < -0.39 is 24.4 Å². The monoisotopic (exact) mass is 446 g/mol. The van der Waals surface area contributed by atoms with Crippen LogP contribution in [0.1, 0.15) is 25.5 Å². The molecular weight excluding hydrogens is 420 g/mol. The van der Waals surface area contributed by atoms with Crippen molar-refractivity contribution in [3.05, 3.63) is 46.3 Å². The number of ether oxygens (including phenoxy) is 5. The number of aliphatic hydroxyl groups excluding tert-OH is 1. The highest BCUT2D eigenvalue weighted by Crippen LogP contribution is 2.50. The van der Waals surface area contributed by atoms with Crippen molar-refractivity contribution >= 4 is 11.0 Å². The number of aromatic hydroxyl groups is 1. The molecule has 32 heavy (non-hydrogen) atoms. The van der Waals surface area contributed by atoms with E-state index in [2.05, 4.69) is 0 Å². The van der Waals surface area contributed by atoms with Gasteiger partial charge in [0.25, 0.3) is 0 Å². The van der Waals surface area contributed by atoms with Crippen molar-refractivity contribution in [2.24, 2.45) is 0 Å². The normalized spacial score (nSPS) is 16.7. The first-order chi connectivity index (χ1) is 15.5. The Kier molecular flexibility index (Phi) is 6.99. The van der Waals surface area contributed by atoms with Crippen molar-refractivity contribution in [2.45, 2.75) is 26.1 Å². The molecule has 0 saturated heterocycles. The molecule has 1 aliphatic rings. The van der Waals surface area contributed by atoms with E-state index in [1.165, 1.54) is 27.4 Å². The van der Waals surface area contributed by atoms with E-state index in [-0.39, 0.29) is 34.3 Å². The predicted molar refractivity (Wildman–Crippen MR) is 116 cm³/mol. The van der Waals surface area contributed by atoms with Gasteiger partial charge in [-0.2, -0.15) is 0 Å². The van der Waals surface area contributed by atoms with Crippen molar-refractivity contribution in [3.8, 4) is 34.5 Å². The van der Waals surface area contributed by atoms with E-state index in [1.807, 2.05) is 13.8 Å². The van der Waals surface area contributed by atoms with Gasteiger partial charge in [-0.3, -0.25) is 0 Å². The molecule has 1 aromatic heterocycles. The van der Waals surface area contributed by atoms with Gasteiger partial charge in [-0.1, -0.05) is 13.8 Å². The number of methoxy groups -OCH3 is 3. The Hall–Kier alpha value is -3.59. The lowest BCUT2D eigenvalue weighted by Crippen LogP contribution is -2.36. The molecule has 4 rings (SSSR count). The van der Waals surface area contributed by atoms with Crippen LogP contribution in [0.2, 0.25) is 0 Å². The summed E-state index contributed by atoms with van der Waals surface area (Å²) in [6, 6.07) is 7.66. The lowest BCUT2D eigenvalue weighted by molar-refractivity contribution is -0.0136. The topological polar surface area (TPSA) is 117 Å². The van der Waals surface area contributed by atoms with Crippen molar-refractivity contribution in [1.29, 1.82) is 0 Å². The second kappa shape index (κ2) is 9.69. The molecule has 1 aliphatic heterocycles. The summed E-state index contributed by atoms with van der Waals surface area (Å²) in [5.41, 5.74) is 0.174. The van der Waals surface area contributed by atoms with E-state index in [4.69, 9.17) is 28.1 Å². The van der Waals surface area contributed by atoms with Gasteiger partial charge in [0, 0.05) is 17.0 Å². The third kappa shape index (κ3) is 3.99. The number of benzene rings is 2. The number of aliphatic hydroxyl groups is 1. The Morgan fingerprint density at radius 2 is 1.53 bits per heavy atom. The molecular formula is C23H26O9. The van der Waals surface area contributed by atoms with Gasteiger partial charge in [-0.05, 0) is 24.3 Å². The van der Waals surface area contributed by atoms with Crippen molar-refractivity contribution in [1.82, 2.24) is 0 Å². The highest BCUT2D eigenvalue weighted by molar-refractivity contribution is 5.88. The fourth-order valence-corrected chi connectivity index (χ4v) is 3.42. The minimum Gasteiger partial charge on any atom is -0.502 e. The molecule has 0 radical (unpaired) electrons. The standard InChI is InChI=1S/C21H20O9.C2H6/c1-25-12-7-11(8-13(26-2)17(12)24)18-15(9-22)28-21-19-10(4-5-16(23)29-19)6-14(27-3)20(21)30-18;1-2/h4-8,15,18,22,24H,9H2,1-3H3;1-2H3/t15-,18-;/m1./s1. The lowest BCUT2D eigenvalue weighted by Gasteiger charge is -2.34. The van der Waals surface area contributed by atoms with Crippen LogP contribution in [0.25, 0.3) is 11.0 Å². The average molecular weight is 446 g/mol. The minimum atomic E-state index is -0.850. The number of rotatable bonds is 5. The number of phenols is 1. The van der Waals surface area contributed by atoms with Gasteiger partial charge in [0.2, 0.25) is 17.2 Å². The van der Waals surface area contributed by atoms with Gasteiger partial charge in [0.05, 0.1) is 27.9 Å². The van der Waals surface area contributed by atoms with Crippen LogP contribution in [-0.4, -0.2) is 44.3 Å². The summed E-state index contributed by atoms with van der Waals surface area (Å²) < 4.78 is 33.3. The van der Waals surface area contributed by atoms with Crippen molar-refractivity contribution in [2.75, 3.05) is 27.9 Å². The van der Waals surface area contributed by atoms with Crippen LogP contribution in [0.15, 0.2) is 39.5 Å². The Morgan fingerprint density at radius 1 is 0.906 bits per heavy atom. The molecule has 0 amide bonds. The fraction of sp³-hybridized carbons (Fsp3) is 0.348. The summed E-state index contributed by atoms with van der Waals surface area (Å²) in [6.45, 7) is 3.60. The van der Waals surface area contributed by atoms with Crippen LogP contribution < -0.4 is 29.3 Å². The van der Waals surface area contributed by atoms with Gasteiger partial charge < -0.3 is 38.3 Å². The van der Waals surface area contributed by atoms with E-state index in [0.717, 1.165) is 0 Å². The second-order valence-electron chi connectivity index (χ2n) is 6.56. The first-order valence-electron chi connectivity index (χ1n) is 10.0. The maximum absolute atomic E-state index is 11.7. The molecule has 0 spiro atoms. The fourth-order valence-electron chi connectivity index (χ4n) is 3.42. The summed E-state index contributed by atoms with van der Waals surface area (Å²) >= 11 is 0. The number of fused-ring (bicyclic) bond motifs is 3. The van der Waals surface area contributed by atoms with Gasteiger partial charge in [0.1, 0.15) is 0 Å². The summed E-state index contributed by atoms with van der Waals surface area (Å²) in [7, 11) is 4.29.